The summed E-state index contributed by atoms with van der Waals surface area (Å²) in [7, 11) is -3.83. The number of urea groups is 1. The first-order valence-corrected chi connectivity index (χ1v) is 12.4. The van der Waals surface area contributed by atoms with Gasteiger partial charge in [0.1, 0.15) is 6.54 Å². The highest BCUT2D eigenvalue weighted by Gasteiger charge is 2.51. The van der Waals surface area contributed by atoms with Crippen LogP contribution in [-0.2, 0) is 14.8 Å². The molecular weight excluding hydrogens is 414 g/mol. The van der Waals surface area contributed by atoms with Crippen molar-refractivity contribution in [2.75, 3.05) is 10.8 Å². The normalized spacial score (nSPS) is 31.7. The topological polar surface area (TPSA) is 95.6 Å². The zero-order chi connectivity index (χ0) is 21.4. The summed E-state index contributed by atoms with van der Waals surface area (Å²) in [6, 6.07) is 9.90. The lowest BCUT2D eigenvalue weighted by molar-refractivity contribution is -0.118. The zero-order valence-electron chi connectivity index (χ0n) is 17.1. The molecule has 7 rings (SSSR count). The smallest absolute Gasteiger partial charge is 0.321 e. The van der Waals surface area contributed by atoms with E-state index in [1.165, 1.54) is 19.3 Å². The Morgan fingerprint density at radius 3 is 2.23 bits per heavy atom. The van der Waals surface area contributed by atoms with Gasteiger partial charge in [-0.25, -0.2) is 13.2 Å². The van der Waals surface area contributed by atoms with Gasteiger partial charge in [-0.15, -0.1) is 0 Å². The van der Waals surface area contributed by atoms with Crippen LogP contribution in [0.1, 0.15) is 38.5 Å². The average Bonchev–Trinajstić information content (AvgIpc) is 2.90. The van der Waals surface area contributed by atoms with Crippen LogP contribution in [0.2, 0.25) is 0 Å². The minimum Gasteiger partial charge on any atom is -0.332 e. The minimum absolute atomic E-state index is 0.200. The molecule has 0 atom stereocenters. The van der Waals surface area contributed by atoms with Crippen LogP contribution in [0.4, 0.5) is 10.5 Å². The lowest BCUT2D eigenvalue weighted by Crippen LogP contribution is -2.62. The van der Waals surface area contributed by atoms with Crippen molar-refractivity contribution in [3.8, 4) is 0 Å². The van der Waals surface area contributed by atoms with Gasteiger partial charge < -0.3 is 5.32 Å². The Labute approximate surface area is 181 Å². The third-order valence-corrected chi connectivity index (χ3v) is 9.44. The Kier molecular flexibility index (Phi) is 3.97. The van der Waals surface area contributed by atoms with Gasteiger partial charge in [0.2, 0.25) is 5.91 Å². The van der Waals surface area contributed by atoms with Gasteiger partial charge in [0.25, 0.3) is 10.0 Å². The Hall–Kier alpha value is -2.61. The second-order valence-electron chi connectivity index (χ2n) is 9.84. The summed E-state index contributed by atoms with van der Waals surface area (Å²) in [5, 5.41) is 6.91. The van der Waals surface area contributed by atoms with Crippen molar-refractivity contribution < 1.29 is 18.0 Å². The van der Waals surface area contributed by atoms with Crippen molar-refractivity contribution in [3.63, 3.8) is 0 Å². The molecule has 4 fully saturated rings. The van der Waals surface area contributed by atoms with Gasteiger partial charge in [0.05, 0.1) is 10.6 Å². The molecule has 7 nitrogen and oxygen atoms in total. The number of hydrogen-bond acceptors (Lipinski definition) is 4. The maximum atomic E-state index is 13.0. The van der Waals surface area contributed by atoms with Crippen molar-refractivity contribution in [2.45, 2.75) is 49.0 Å². The molecule has 4 saturated carbocycles. The number of nitrogens with one attached hydrogen (secondary N) is 2. The van der Waals surface area contributed by atoms with Gasteiger partial charge in [-0.2, -0.15) is 0 Å². The van der Waals surface area contributed by atoms with E-state index in [0.29, 0.717) is 28.8 Å². The molecule has 8 heteroatoms. The van der Waals surface area contributed by atoms with Gasteiger partial charge in [-0.1, -0.05) is 24.3 Å². The molecule has 3 amide bonds. The molecule has 4 bridgehead atoms. The van der Waals surface area contributed by atoms with Gasteiger partial charge >= 0.3 is 6.03 Å². The molecular formula is C23H25N3O4S. The maximum Gasteiger partial charge on any atom is 0.321 e. The van der Waals surface area contributed by atoms with E-state index in [1.54, 1.807) is 24.3 Å². The van der Waals surface area contributed by atoms with Crippen LogP contribution in [0.15, 0.2) is 41.3 Å². The molecule has 0 unspecified atom stereocenters. The van der Waals surface area contributed by atoms with Crippen molar-refractivity contribution in [3.05, 3.63) is 36.4 Å². The van der Waals surface area contributed by atoms with Gasteiger partial charge in [-0.05, 0) is 73.8 Å². The molecule has 2 aromatic rings. The SMILES string of the molecule is O=C(CN1c2cccc3cccc(c23)S1(=O)=O)NC(=O)NC12CC3CC(CC(C3)C1)C2. The predicted molar refractivity (Wildman–Crippen MR) is 116 cm³/mol. The molecule has 31 heavy (non-hydrogen) atoms. The van der Waals surface area contributed by atoms with Crippen LogP contribution in [0.5, 0.6) is 0 Å². The molecule has 0 radical (unpaired) electrons. The van der Waals surface area contributed by atoms with Crippen molar-refractivity contribution in [2.24, 2.45) is 17.8 Å². The number of benzene rings is 2. The highest BCUT2D eigenvalue weighted by Crippen LogP contribution is 2.55. The fourth-order valence-electron chi connectivity index (χ4n) is 6.96. The number of rotatable bonds is 3. The summed E-state index contributed by atoms with van der Waals surface area (Å²) in [6.45, 7) is -0.426. The number of hydrogen-bond donors (Lipinski definition) is 2. The van der Waals surface area contributed by atoms with E-state index in [0.717, 1.165) is 29.0 Å². The van der Waals surface area contributed by atoms with E-state index in [-0.39, 0.29) is 10.4 Å². The molecule has 0 spiro atoms. The van der Waals surface area contributed by atoms with Crippen molar-refractivity contribution in [1.29, 1.82) is 0 Å². The van der Waals surface area contributed by atoms with Gasteiger partial charge in [-0.3, -0.25) is 14.4 Å². The highest BCUT2D eigenvalue weighted by molar-refractivity contribution is 7.93. The van der Waals surface area contributed by atoms with E-state index in [9.17, 15) is 18.0 Å². The van der Waals surface area contributed by atoms with Gasteiger partial charge in [0, 0.05) is 10.9 Å². The number of carbonyl (C=O) groups is 2. The number of sulfonamides is 1. The number of carbonyl (C=O) groups excluding carboxylic acids is 2. The van der Waals surface area contributed by atoms with Crippen LogP contribution in [0.3, 0.4) is 0 Å². The molecule has 5 aliphatic rings. The monoisotopic (exact) mass is 439 g/mol. The Balaban J connectivity index is 1.17. The quantitative estimate of drug-likeness (QED) is 0.768. The molecule has 0 aromatic heterocycles. The molecule has 4 aliphatic carbocycles. The van der Waals surface area contributed by atoms with E-state index >= 15 is 0 Å². The summed E-state index contributed by atoms with van der Waals surface area (Å²) in [5.41, 5.74) is 0.269. The molecule has 1 aliphatic heterocycles. The van der Waals surface area contributed by atoms with E-state index in [1.807, 2.05) is 12.1 Å². The first kappa shape index (κ1) is 19.1. The second-order valence-corrected chi connectivity index (χ2v) is 11.7. The third-order valence-electron chi connectivity index (χ3n) is 7.64. The fraction of sp³-hybridized carbons (Fsp3) is 0.478. The maximum absolute atomic E-state index is 13.0. The summed E-state index contributed by atoms with van der Waals surface area (Å²) >= 11 is 0. The first-order valence-electron chi connectivity index (χ1n) is 11.0. The van der Waals surface area contributed by atoms with E-state index in [2.05, 4.69) is 10.6 Å². The lowest BCUT2D eigenvalue weighted by atomic mass is 9.53. The number of imide groups is 1. The minimum atomic E-state index is -3.83. The number of amides is 3. The van der Waals surface area contributed by atoms with Crippen LogP contribution < -0.4 is 14.9 Å². The fourth-order valence-corrected chi connectivity index (χ4v) is 8.63. The number of nitrogens with zero attached hydrogens (tertiary/aromatic N) is 1. The van der Waals surface area contributed by atoms with Crippen LogP contribution in [0.25, 0.3) is 10.8 Å². The third kappa shape index (κ3) is 2.95. The van der Waals surface area contributed by atoms with E-state index < -0.39 is 28.5 Å². The van der Waals surface area contributed by atoms with Crippen molar-refractivity contribution >= 4 is 38.4 Å². The van der Waals surface area contributed by atoms with Crippen LogP contribution in [0, 0.1) is 17.8 Å². The van der Waals surface area contributed by atoms with Crippen LogP contribution in [-0.4, -0.2) is 32.4 Å². The number of anilines is 1. The highest BCUT2D eigenvalue weighted by atomic mass is 32.2. The largest absolute Gasteiger partial charge is 0.332 e. The summed E-state index contributed by atoms with van der Waals surface area (Å²) in [4.78, 5) is 25.5. The average molecular weight is 440 g/mol. The summed E-state index contributed by atoms with van der Waals surface area (Å²) in [6.07, 6.45) is 6.75. The lowest BCUT2D eigenvalue weighted by Gasteiger charge is -2.56. The Morgan fingerprint density at radius 1 is 0.968 bits per heavy atom. The molecule has 0 saturated heterocycles. The molecule has 2 aromatic carbocycles. The summed E-state index contributed by atoms with van der Waals surface area (Å²) < 4.78 is 27.2. The summed E-state index contributed by atoms with van der Waals surface area (Å²) in [5.74, 6) is 1.40. The zero-order valence-corrected chi connectivity index (χ0v) is 18.0. The Morgan fingerprint density at radius 2 is 1.58 bits per heavy atom. The van der Waals surface area contributed by atoms with E-state index in [4.69, 9.17) is 0 Å². The molecule has 2 N–H and O–H groups in total. The second kappa shape index (κ2) is 6.45. The predicted octanol–water partition coefficient (Wildman–Crippen LogP) is 3.14. The molecule has 1 heterocycles. The van der Waals surface area contributed by atoms with Gasteiger partial charge in [0.15, 0.2) is 0 Å². The standard InChI is InChI=1S/C23H25N3O4S/c27-20(24-22(28)25-23-10-14-7-15(11-23)9-16(8-14)12-23)13-26-18-5-1-3-17-4-2-6-19(21(17)18)31(26,29)30/h1-6,14-16H,7-13H2,(H2,24,25,27,28). The first-order chi connectivity index (χ1) is 14.8. The Bertz CT molecular complexity index is 1180. The van der Waals surface area contributed by atoms with Crippen LogP contribution >= 0.6 is 0 Å². The van der Waals surface area contributed by atoms with Crippen molar-refractivity contribution in [1.82, 2.24) is 10.6 Å². The molecule has 162 valence electrons.